The van der Waals surface area contributed by atoms with Crippen LogP contribution in [-0.4, -0.2) is 22.8 Å². The van der Waals surface area contributed by atoms with Crippen LogP contribution in [0.4, 0.5) is 0 Å². The molecule has 1 aliphatic carbocycles. The summed E-state index contributed by atoms with van der Waals surface area (Å²) < 4.78 is 11.4. The van der Waals surface area contributed by atoms with Crippen molar-refractivity contribution in [3.8, 4) is 0 Å². The maximum atomic E-state index is 12.3. The topological polar surface area (TPSA) is 52.3 Å². The molecule has 3 unspecified atom stereocenters. The fourth-order valence-electron chi connectivity index (χ4n) is 3.51. The number of oxazole rings is 1. The van der Waals surface area contributed by atoms with Gasteiger partial charge in [-0.25, -0.2) is 4.98 Å². The van der Waals surface area contributed by atoms with Crippen molar-refractivity contribution in [2.75, 3.05) is 5.75 Å². The molecule has 25 heavy (non-hydrogen) atoms. The van der Waals surface area contributed by atoms with Gasteiger partial charge in [0, 0.05) is 5.02 Å². The first-order valence-electron chi connectivity index (χ1n) is 8.80. The lowest BCUT2D eigenvalue weighted by Gasteiger charge is -2.36. The number of rotatable bonds is 5. The molecule has 136 valence electrons. The second-order valence-electron chi connectivity index (χ2n) is 7.23. The largest absolute Gasteiger partial charge is 0.461 e. The summed E-state index contributed by atoms with van der Waals surface area (Å²) in [5.41, 5.74) is 1.37. The molecular formula is C19H24ClNO3S. The van der Waals surface area contributed by atoms with E-state index in [1.165, 1.54) is 18.2 Å². The predicted molar refractivity (Wildman–Crippen MR) is 101 cm³/mol. The smallest absolute Gasteiger partial charge is 0.316 e. The Bertz CT molecular complexity index is 745. The van der Waals surface area contributed by atoms with Crippen LogP contribution in [0.5, 0.6) is 0 Å². The van der Waals surface area contributed by atoms with Crippen molar-refractivity contribution in [2.24, 2.45) is 17.8 Å². The lowest BCUT2D eigenvalue weighted by Crippen LogP contribution is -2.36. The highest BCUT2D eigenvalue weighted by molar-refractivity contribution is 7.99. The first-order chi connectivity index (χ1) is 11.9. The van der Waals surface area contributed by atoms with Crippen LogP contribution in [0.3, 0.4) is 0 Å². The third-order valence-corrected chi connectivity index (χ3v) is 5.92. The van der Waals surface area contributed by atoms with E-state index in [9.17, 15) is 4.79 Å². The Morgan fingerprint density at radius 2 is 2.24 bits per heavy atom. The van der Waals surface area contributed by atoms with Gasteiger partial charge < -0.3 is 9.15 Å². The monoisotopic (exact) mass is 381 g/mol. The van der Waals surface area contributed by atoms with Crippen LogP contribution in [0, 0.1) is 17.8 Å². The third kappa shape index (κ3) is 4.70. The van der Waals surface area contributed by atoms with E-state index in [0.29, 0.717) is 39.1 Å². The highest BCUT2D eigenvalue weighted by atomic mass is 35.5. The molecule has 3 rings (SSSR count). The number of hydrogen-bond acceptors (Lipinski definition) is 5. The number of esters is 1. The van der Waals surface area contributed by atoms with E-state index in [1.54, 1.807) is 18.2 Å². The lowest BCUT2D eigenvalue weighted by molar-refractivity contribution is -0.152. The zero-order valence-corrected chi connectivity index (χ0v) is 16.4. The van der Waals surface area contributed by atoms with Crippen molar-refractivity contribution in [1.82, 2.24) is 4.98 Å². The van der Waals surface area contributed by atoms with Gasteiger partial charge in [-0.1, -0.05) is 50.6 Å². The number of halogens is 1. The zero-order chi connectivity index (χ0) is 18.0. The molecule has 0 N–H and O–H groups in total. The van der Waals surface area contributed by atoms with Crippen LogP contribution >= 0.6 is 23.4 Å². The summed E-state index contributed by atoms with van der Waals surface area (Å²) >= 11 is 7.22. The van der Waals surface area contributed by atoms with Crippen molar-refractivity contribution < 1.29 is 13.9 Å². The minimum Gasteiger partial charge on any atom is -0.461 e. The van der Waals surface area contributed by atoms with E-state index in [0.717, 1.165) is 12.8 Å². The van der Waals surface area contributed by atoms with Crippen molar-refractivity contribution in [2.45, 2.75) is 51.4 Å². The van der Waals surface area contributed by atoms with Gasteiger partial charge in [0.15, 0.2) is 5.58 Å². The number of nitrogens with zero attached hydrogens (tertiary/aromatic N) is 1. The predicted octanol–water partition coefficient (Wildman–Crippen LogP) is 5.58. The second kappa shape index (κ2) is 8.00. The number of benzene rings is 1. The molecule has 1 aromatic carbocycles. The summed E-state index contributed by atoms with van der Waals surface area (Å²) in [6.45, 7) is 6.65. The third-order valence-electron chi connectivity index (χ3n) is 4.89. The first kappa shape index (κ1) is 18.6. The molecule has 0 amide bonds. The van der Waals surface area contributed by atoms with E-state index >= 15 is 0 Å². The van der Waals surface area contributed by atoms with Crippen LogP contribution in [0.2, 0.25) is 5.02 Å². The SMILES string of the molecule is CC1CCC(C(C)C)C(OC(=O)CSc2nc3cc(Cl)ccc3o2)C1. The quantitative estimate of drug-likeness (QED) is 0.500. The van der Waals surface area contributed by atoms with Gasteiger partial charge >= 0.3 is 5.97 Å². The molecule has 3 atom stereocenters. The molecule has 0 saturated heterocycles. The maximum Gasteiger partial charge on any atom is 0.316 e. The van der Waals surface area contributed by atoms with Crippen LogP contribution in [0.15, 0.2) is 27.8 Å². The summed E-state index contributed by atoms with van der Waals surface area (Å²) in [6, 6.07) is 5.29. The van der Waals surface area contributed by atoms with Crippen LogP contribution in [0.1, 0.15) is 40.0 Å². The molecule has 1 saturated carbocycles. The maximum absolute atomic E-state index is 12.3. The Morgan fingerprint density at radius 3 is 3.00 bits per heavy atom. The standard InChI is InChI=1S/C19H24ClNO3S/c1-11(2)14-6-4-12(3)8-17(14)23-18(22)10-25-19-21-15-9-13(20)5-7-16(15)24-19/h5,7,9,11-12,14,17H,4,6,8,10H2,1-3H3. The zero-order valence-electron chi connectivity index (χ0n) is 14.8. The van der Waals surface area contributed by atoms with Crippen molar-refractivity contribution >= 4 is 40.4 Å². The molecule has 1 fully saturated rings. The lowest BCUT2D eigenvalue weighted by atomic mass is 9.75. The second-order valence-corrected chi connectivity index (χ2v) is 8.60. The number of fused-ring (bicyclic) bond motifs is 1. The van der Waals surface area contributed by atoms with Crippen molar-refractivity contribution in [3.05, 3.63) is 23.2 Å². The number of thioether (sulfide) groups is 1. The Balaban J connectivity index is 1.57. The summed E-state index contributed by atoms with van der Waals surface area (Å²) in [5, 5.41) is 1.08. The molecule has 0 bridgehead atoms. The summed E-state index contributed by atoms with van der Waals surface area (Å²) in [4.78, 5) is 16.6. The van der Waals surface area contributed by atoms with E-state index in [1.807, 2.05) is 0 Å². The normalized spacial score (nSPS) is 24.0. The Morgan fingerprint density at radius 1 is 1.44 bits per heavy atom. The summed E-state index contributed by atoms with van der Waals surface area (Å²) in [6.07, 6.45) is 3.34. The molecule has 0 aliphatic heterocycles. The van der Waals surface area contributed by atoms with Gasteiger partial charge in [0.1, 0.15) is 17.4 Å². The van der Waals surface area contributed by atoms with Crippen LogP contribution in [-0.2, 0) is 9.53 Å². The van der Waals surface area contributed by atoms with Gasteiger partial charge in [-0.15, -0.1) is 0 Å². The van der Waals surface area contributed by atoms with Gasteiger partial charge in [-0.2, -0.15) is 0 Å². The molecule has 1 heterocycles. The van der Waals surface area contributed by atoms with E-state index in [4.69, 9.17) is 20.8 Å². The molecule has 1 aliphatic rings. The summed E-state index contributed by atoms with van der Waals surface area (Å²) in [5.74, 6) is 1.60. The van der Waals surface area contributed by atoms with Gasteiger partial charge in [-0.05, 0) is 48.8 Å². The van der Waals surface area contributed by atoms with Crippen molar-refractivity contribution in [3.63, 3.8) is 0 Å². The molecule has 4 nitrogen and oxygen atoms in total. The number of carbonyl (C=O) groups excluding carboxylic acids is 1. The molecule has 0 radical (unpaired) electrons. The van der Waals surface area contributed by atoms with E-state index < -0.39 is 0 Å². The molecule has 1 aromatic heterocycles. The van der Waals surface area contributed by atoms with Crippen LogP contribution in [0.25, 0.3) is 11.1 Å². The molecule has 6 heteroatoms. The van der Waals surface area contributed by atoms with Crippen LogP contribution < -0.4 is 0 Å². The van der Waals surface area contributed by atoms with Gasteiger partial charge in [0.05, 0.1) is 0 Å². The minimum absolute atomic E-state index is 0.0271. The Hall–Kier alpha value is -1.20. The molecule has 0 spiro atoms. The van der Waals surface area contributed by atoms with E-state index in [-0.39, 0.29) is 17.8 Å². The number of hydrogen-bond donors (Lipinski definition) is 0. The first-order valence-corrected chi connectivity index (χ1v) is 10.2. The van der Waals surface area contributed by atoms with Gasteiger partial charge in [-0.3, -0.25) is 4.79 Å². The number of aromatic nitrogens is 1. The minimum atomic E-state index is -0.199. The highest BCUT2D eigenvalue weighted by Gasteiger charge is 2.33. The fraction of sp³-hybridized carbons (Fsp3) is 0.579. The average molecular weight is 382 g/mol. The highest BCUT2D eigenvalue weighted by Crippen LogP contribution is 2.35. The summed E-state index contributed by atoms with van der Waals surface area (Å²) in [7, 11) is 0. The molecular weight excluding hydrogens is 358 g/mol. The average Bonchev–Trinajstić information content (AvgIpc) is 2.94. The van der Waals surface area contributed by atoms with Gasteiger partial charge in [0.2, 0.25) is 0 Å². The Kier molecular flexibility index (Phi) is 5.95. The fourth-order valence-corrected chi connectivity index (χ4v) is 4.30. The number of carbonyl (C=O) groups is 1. The molecule has 2 aromatic rings. The van der Waals surface area contributed by atoms with Crippen molar-refractivity contribution in [1.29, 1.82) is 0 Å². The Labute approximate surface area is 157 Å². The van der Waals surface area contributed by atoms with E-state index in [2.05, 4.69) is 25.8 Å². The van der Waals surface area contributed by atoms with Gasteiger partial charge in [0.25, 0.3) is 5.22 Å². The number of ether oxygens (including phenoxy) is 1.